The largest absolute Gasteiger partial charge is 0.483 e. The van der Waals surface area contributed by atoms with E-state index < -0.39 is 95.5 Å². The van der Waals surface area contributed by atoms with Crippen LogP contribution in [0.3, 0.4) is 0 Å². The summed E-state index contributed by atoms with van der Waals surface area (Å²) >= 11 is 0. The van der Waals surface area contributed by atoms with Crippen LogP contribution >= 0.6 is 15.6 Å². The summed E-state index contributed by atoms with van der Waals surface area (Å²) < 4.78 is 72.1. The van der Waals surface area contributed by atoms with E-state index in [1.54, 1.807) is 0 Å². The lowest BCUT2D eigenvalue weighted by Crippen LogP contribution is -2.60. The molecule has 2 aliphatic heterocycles. The van der Waals surface area contributed by atoms with E-state index in [2.05, 4.69) is 24.1 Å². The molecule has 56 heavy (non-hydrogen) atoms. The number of phosphoric ester groups is 2. The molecule has 28 heteroatoms. The second kappa shape index (κ2) is 21.5. The zero-order valence-corrected chi connectivity index (χ0v) is 31.5. The molecule has 320 valence electrons. The number of amides is 1. The number of phosphoric acid groups is 2. The number of imidazole rings is 1. The Balaban J connectivity index is 1.18. The summed E-state index contributed by atoms with van der Waals surface area (Å²) in [6.07, 6.45) is -15.2. The van der Waals surface area contributed by atoms with Crippen LogP contribution < -0.4 is 22.3 Å². The van der Waals surface area contributed by atoms with Crippen molar-refractivity contribution in [3.8, 4) is 0 Å². The Hall–Kier alpha value is -2.53. The Morgan fingerprint density at radius 1 is 0.857 bits per heavy atom. The minimum absolute atomic E-state index is 0.00768. The Bertz CT molecular complexity index is 1700. The van der Waals surface area contributed by atoms with Crippen molar-refractivity contribution < 1.29 is 91.0 Å². The molecule has 0 saturated carbocycles. The van der Waals surface area contributed by atoms with Gasteiger partial charge in [-0.05, 0) is 0 Å². The number of hydrogen-bond acceptors (Lipinski definition) is 21. The number of ether oxygens (including phenoxy) is 6. The predicted octanol–water partition coefficient (Wildman–Crippen LogP) is -4.48. The number of pyridine rings is 1. The van der Waals surface area contributed by atoms with E-state index in [0.717, 1.165) is 6.33 Å². The minimum Gasteiger partial charge on any atom is -0.388 e. The standard InChI is InChI=1S/C28H48N6O20P2/c29-2-4-47-6-8-49-10-9-48-7-5-46-3-1-19(35)31-12-16-21(36)23(38)25(40)28(52-16)53-56(44,45)54-55(42,43)50-13-17-22(37)24(39)27(51-17)34-14-32-20-15(34)11-18(30)33-26(20)41/h11,14,16-17,21-25,27-28,36-40H,1-10,12-13,29H2,(H,31,35)(H,42,43)(H,44,45)(H3,30,33,41). The van der Waals surface area contributed by atoms with E-state index in [1.807, 2.05) is 0 Å². The topological polar surface area (TPSA) is 391 Å². The molecule has 13 N–H and O–H groups in total. The van der Waals surface area contributed by atoms with Gasteiger partial charge in [0.1, 0.15) is 48.5 Å². The molecule has 4 heterocycles. The quantitative estimate of drug-likeness (QED) is 0.0350. The van der Waals surface area contributed by atoms with Crippen LogP contribution in [0, 0.1) is 0 Å². The maximum Gasteiger partial charge on any atom is 0.483 e. The molecule has 1 amide bonds. The van der Waals surface area contributed by atoms with Gasteiger partial charge >= 0.3 is 15.6 Å². The highest BCUT2D eigenvalue weighted by molar-refractivity contribution is 7.61. The number of H-pyrrole nitrogens is 1. The molecule has 0 radical (unpaired) electrons. The van der Waals surface area contributed by atoms with Gasteiger partial charge in [0.15, 0.2) is 18.0 Å². The molecular formula is C28H48N6O20P2. The van der Waals surface area contributed by atoms with Crippen molar-refractivity contribution in [3.63, 3.8) is 0 Å². The number of nitrogens with zero attached hydrogens (tertiary/aromatic N) is 2. The molecule has 11 atom stereocenters. The third-order valence-electron chi connectivity index (χ3n) is 8.07. The number of fused-ring (bicyclic) bond motifs is 1. The first-order valence-electron chi connectivity index (χ1n) is 17.1. The number of aromatic nitrogens is 3. The summed E-state index contributed by atoms with van der Waals surface area (Å²) in [5.74, 6) is -0.617. The molecule has 26 nitrogen and oxygen atoms in total. The molecule has 2 fully saturated rings. The van der Waals surface area contributed by atoms with Crippen LogP contribution in [0.25, 0.3) is 11.0 Å². The number of anilines is 1. The maximum atomic E-state index is 12.7. The van der Waals surface area contributed by atoms with Crippen molar-refractivity contribution in [2.45, 2.75) is 61.7 Å². The molecular weight excluding hydrogens is 802 g/mol. The lowest BCUT2D eigenvalue weighted by atomic mass is 9.99. The molecule has 0 bridgehead atoms. The average molecular weight is 851 g/mol. The van der Waals surface area contributed by atoms with Crippen LogP contribution in [0.2, 0.25) is 0 Å². The van der Waals surface area contributed by atoms with Gasteiger partial charge in [-0.3, -0.25) is 18.6 Å². The number of aromatic amines is 1. The second-order valence-corrected chi connectivity index (χ2v) is 15.2. The third-order valence-corrected chi connectivity index (χ3v) is 10.7. The van der Waals surface area contributed by atoms with Crippen LogP contribution in [0.4, 0.5) is 5.82 Å². The first-order chi connectivity index (χ1) is 26.5. The number of nitrogens with two attached hydrogens (primary N) is 2. The summed E-state index contributed by atoms with van der Waals surface area (Å²) in [7, 11) is -11.3. The molecule has 0 spiro atoms. The van der Waals surface area contributed by atoms with Gasteiger partial charge in [-0.2, -0.15) is 4.31 Å². The number of aliphatic hydroxyl groups is 5. The van der Waals surface area contributed by atoms with E-state index >= 15 is 0 Å². The molecule has 4 rings (SSSR count). The lowest BCUT2D eigenvalue weighted by molar-refractivity contribution is -0.273. The van der Waals surface area contributed by atoms with E-state index in [1.165, 1.54) is 10.6 Å². The number of rotatable bonds is 24. The van der Waals surface area contributed by atoms with Gasteiger partial charge in [-0.1, -0.05) is 0 Å². The molecule has 11 unspecified atom stereocenters. The Labute approximate surface area is 317 Å². The number of hydrogen-bond donors (Lipinski definition) is 11. The molecule has 2 aliphatic rings. The van der Waals surface area contributed by atoms with Crippen LogP contribution in [-0.4, -0.2) is 177 Å². The van der Waals surface area contributed by atoms with Gasteiger partial charge in [0, 0.05) is 25.6 Å². The summed E-state index contributed by atoms with van der Waals surface area (Å²) in [6, 6.07) is 1.32. The van der Waals surface area contributed by atoms with Crippen molar-refractivity contribution in [1.82, 2.24) is 19.9 Å². The summed E-state index contributed by atoms with van der Waals surface area (Å²) in [6.45, 7) is 1.31. The van der Waals surface area contributed by atoms with E-state index in [9.17, 15) is 54.0 Å². The predicted molar refractivity (Wildman–Crippen MR) is 185 cm³/mol. The molecule has 2 saturated heterocycles. The molecule has 0 aromatic carbocycles. The van der Waals surface area contributed by atoms with Crippen LogP contribution in [0.1, 0.15) is 12.6 Å². The molecule has 0 aliphatic carbocycles. The van der Waals surface area contributed by atoms with Crippen molar-refractivity contribution in [1.29, 1.82) is 0 Å². The van der Waals surface area contributed by atoms with E-state index in [4.69, 9.17) is 44.4 Å². The van der Waals surface area contributed by atoms with Crippen LogP contribution in [0.15, 0.2) is 17.2 Å². The number of nitrogen functional groups attached to an aromatic ring is 1. The summed E-state index contributed by atoms with van der Waals surface area (Å²) in [5, 5.41) is 54.4. The first-order valence-corrected chi connectivity index (χ1v) is 20.1. The van der Waals surface area contributed by atoms with Gasteiger partial charge in [-0.25, -0.2) is 14.1 Å². The van der Waals surface area contributed by atoms with E-state index in [0.29, 0.717) is 39.6 Å². The number of carbonyl (C=O) groups is 1. The normalized spacial score (nSPS) is 29.0. The Kier molecular flexibility index (Phi) is 17.7. The highest BCUT2D eigenvalue weighted by atomic mass is 31.3. The molecule has 2 aromatic rings. The van der Waals surface area contributed by atoms with Gasteiger partial charge in [-0.15, -0.1) is 0 Å². The highest BCUT2D eigenvalue weighted by Gasteiger charge is 2.50. The number of aliphatic hydroxyl groups excluding tert-OH is 5. The minimum atomic E-state index is -5.70. The fraction of sp³-hybridized carbons (Fsp3) is 0.750. The van der Waals surface area contributed by atoms with Crippen molar-refractivity contribution in [2.75, 3.05) is 78.3 Å². The first kappa shape index (κ1) is 46.2. The second-order valence-electron chi connectivity index (χ2n) is 12.2. The van der Waals surface area contributed by atoms with Crippen LogP contribution in [0.5, 0.6) is 0 Å². The zero-order chi connectivity index (χ0) is 41.0. The number of nitrogens with one attached hydrogen (secondary N) is 2. The Morgan fingerprint density at radius 2 is 1.46 bits per heavy atom. The van der Waals surface area contributed by atoms with Gasteiger partial charge in [0.25, 0.3) is 5.56 Å². The van der Waals surface area contributed by atoms with Gasteiger partial charge < -0.3 is 90.1 Å². The fourth-order valence-electron chi connectivity index (χ4n) is 5.32. The number of carbonyl (C=O) groups excluding carboxylic acids is 1. The SMILES string of the molecule is NCCOCCOCCOCCOCCC(=O)NCC1OC(OP(=O)(O)OP(=O)(O)OCC2OC(n3cnc4c(=O)[nH]c(N)cc43)C(O)C2O)C(O)C(O)C1O. The van der Waals surface area contributed by atoms with Crippen molar-refractivity contribution in [3.05, 3.63) is 22.7 Å². The highest BCUT2D eigenvalue weighted by Crippen LogP contribution is 2.61. The third kappa shape index (κ3) is 13.3. The van der Waals surface area contributed by atoms with E-state index in [-0.39, 0.29) is 43.1 Å². The van der Waals surface area contributed by atoms with Crippen molar-refractivity contribution in [2.24, 2.45) is 5.73 Å². The molecule has 2 aromatic heterocycles. The fourth-order valence-corrected chi connectivity index (χ4v) is 7.48. The lowest BCUT2D eigenvalue weighted by Gasteiger charge is -2.40. The maximum absolute atomic E-state index is 12.7. The summed E-state index contributed by atoms with van der Waals surface area (Å²) in [5.41, 5.74) is 10.4. The average Bonchev–Trinajstić information content (AvgIpc) is 3.68. The monoisotopic (exact) mass is 850 g/mol. The van der Waals surface area contributed by atoms with Crippen LogP contribution in [-0.2, 0) is 55.7 Å². The van der Waals surface area contributed by atoms with Crippen molar-refractivity contribution >= 4 is 38.4 Å². The van der Waals surface area contributed by atoms with Gasteiger partial charge in [0.2, 0.25) is 5.91 Å². The zero-order valence-electron chi connectivity index (χ0n) is 29.7. The smallest absolute Gasteiger partial charge is 0.388 e. The summed E-state index contributed by atoms with van der Waals surface area (Å²) in [4.78, 5) is 51.0. The Morgan fingerprint density at radius 3 is 2.11 bits per heavy atom. The van der Waals surface area contributed by atoms with Gasteiger partial charge in [0.05, 0.1) is 71.3 Å².